The summed E-state index contributed by atoms with van der Waals surface area (Å²) in [5.41, 5.74) is 1.35. The van der Waals surface area contributed by atoms with E-state index in [0.29, 0.717) is 11.8 Å². The number of carbonyl (C=O) groups is 1. The van der Waals surface area contributed by atoms with Crippen LogP contribution in [0.5, 0.6) is 0 Å². The number of amides is 1. The molecule has 2 rings (SSSR count). The van der Waals surface area contributed by atoms with Crippen molar-refractivity contribution in [1.29, 1.82) is 0 Å². The number of allylic oxidation sites excluding steroid dienone is 1. The fraction of sp³-hybridized carbons (Fsp3) is 0.700. The molecule has 0 spiro atoms. The molecule has 0 aromatic carbocycles. The molecule has 1 N–H and O–H groups in total. The maximum atomic E-state index is 11.5. The lowest BCUT2D eigenvalue weighted by atomic mass is 9.83. The van der Waals surface area contributed by atoms with Gasteiger partial charge in [0.05, 0.1) is 0 Å². The Bertz CT molecular complexity index is 244. The van der Waals surface area contributed by atoms with Gasteiger partial charge in [-0.3, -0.25) is 4.79 Å². The molecule has 2 aliphatic rings. The van der Waals surface area contributed by atoms with Crippen LogP contribution in [0.25, 0.3) is 0 Å². The van der Waals surface area contributed by atoms with E-state index in [1.165, 1.54) is 18.4 Å². The third kappa shape index (κ3) is 0.977. The molecular weight excluding hydrogens is 150 g/mol. The van der Waals surface area contributed by atoms with Crippen LogP contribution in [0.4, 0.5) is 0 Å². The van der Waals surface area contributed by atoms with Crippen molar-refractivity contribution in [1.82, 2.24) is 5.32 Å². The largest absolute Gasteiger partial charge is 0.332 e. The molecule has 0 saturated heterocycles. The first-order chi connectivity index (χ1) is 5.70. The van der Waals surface area contributed by atoms with E-state index >= 15 is 0 Å². The van der Waals surface area contributed by atoms with Crippen LogP contribution >= 0.6 is 0 Å². The van der Waals surface area contributed by atoms with Crippen LogP contribution in [-0.2, 0) is 4.79 Å². The second kappa shape index (κ2) is 2.61. The quantitative estimate of drug-likeness (QED) is 0.581. The van der Waals surface area contributed by atoms with E-state index in [1.54, 1.807) is 0 Å². The van der Waals surface area contributed by atoms with Gasteiger partial charge in [-0.25, -0.2) is 0 Å². The number of hydrogen-bond acceptors (Lipinski definition) is 1. The first-order valence-electron chi connectivity index (χ1n) is 4.67. The van der Waals surface area contributed by atoms with Gasteiger partial charge >= 0.3 is 0 Å². The smallest absolute Gasteiger partial charge is 0.227 e. The predicted octanol–water partition coefficient (Wildman–Crippen LogP) is 1.68. The van der Waals surface area contributed by atoms with Gasteiger partial charge in [-0.05, 0) is 31.6 Å². The average Bonchev–Trinajstić information content (AvgIpc) is 2.42. The molecule has 1 heterocycles. The molecule has 3 atom stereocenters. The number of carbonyl (C=O) groups excluding carboxylic acids is 1. The van der Waals surface area contributed by atoms with Gasteiger partial charge in [-0.2, -0.15) is 0 Å². The van der Waals surface area contributed by atoms with Gasteiger partial charge < -0.3 is 5.32 Å². The fourth-order valence-corrected chi connectivity index (χ4v) is 2.54. The summed E-state index contributed by atoms with van der Waals surface area (Å²) in [5.74, 6) is 1.60. The SMILES string of the molecule is CC1=CNC(=O)C2C1CC[C@@H]2C. The van der Waals surface area contributed by atoms with E-state index in [1.807, 2.05) is 6.20 Å². The maximum Gasteiger partial charge on any atom is 0.227 e. The second-order valence-corrected chi connectivity index (χ2v) is 4.08. The van der Waals surface area contributed by atoms with Crippen LogP contribution in [0.3, 0.4) is 0 Å². The highest BCUT2D eigenvalue weighted by atomic mass is 16.1. The fourth-order valence-electron chi connectivity index (χ4n) is 2.54. The molecule has 0 aromatic rings. The zero-order valence-electron chi connectivity index (χ0n) is 7.63. The minimum atomic E-state index is 0.232. The van der Waals surface area contributed by atoms with Crippen LogP contribution < -0.4 is 5.32 Å². The van der Waals surface area contributed by atoms with Crippen molar-refractivity contribution < 1.29 is 4.79 Å². The van der Waals surface area contributed by atoms with E-state index in [2.05, 4.69) is 19.2 Å². The Kier molecular flexibility index (Phi) is 1.71. The number of rotatable bonds is 0. The van der Waals surface area contributed by atoms with Gasteiger partial charge in [0.2, 0.25) is 5.91 Å². The number of fused-ring (bicyclic) bond motifs is 1. The summed E-state index contributed by atoms with van der Waals surface area (Å²) >= 11 is 0. The van der Waals surface area contributed by atoms with E-state index in [0.717, 1.165) is 0 Å². The Morgan fingerprint density at radius 1 is 1.50 bits per heavy atom. The third-order valence-corrected chi connectivity index (χ3v) is 3.31. The van der Waals surface area contributed by atoms with Crippen molar-refractivity contribution in [2.24, 2.45) is 17.8 Å². The normalized spacial score (nSPS) is 40.3. The Balaban J connectivity index is 2.29. The van der Waals surface area contributed by atoms with Crippen molar-refractivity contribution in [3.63, 3.8) is 0 Å². The summed E-state index contributed by atoms with van der Waals surface area (Å²) in [5, 5.41) is 2.83. The van der Waals surface area contributed by atoms with Crippen LogP contribution in [0, 0.1) is 17.8 Å². The third-order valence-electron chi connectivity index (χ3n) is 3.31. The number of nitrogens with one attached hydrogen (secondary N) is 1. The van der Waals surface area contributed by atoms with E-state index in [4.69, 9.17) is 0 Å². The van der Waals surface area contributed by atoms with Crippen molar-refractivity contribution in [3.8, 4) is 0 Å². The highest BCUT2D eigenvalue weighted by Gasteiger charge is 2.40. The summed E-state index contributed by atoms with van der Waals surface area (Å²) in [6.45, 7) is 4.30. The lowest BCUT2D eigenvalue weighted by molar-refractivity contribution is -0.126. The highest BCUT2D eigenvalue weighted by Crippen LogP contribution is 2.42. The minimum absolute atomic E-state index is 0.232. The zero-order chi connectivity index (χ0) is 8.72. The highest BCUT2D eigenvalue weighted by molar-refractivity contribution is 5.82. The van der Waals surface area contributed by atoms with Gasteiger partial charge in [0.25, 0.3) is 0 Å². The summed E-state index contributed by atoms with van der Waals surface area (Å²) in [6.07, 6.45) is 4.27. The molecule has 66 valence electrons. The molecular formula is C10H15NO. The van der Waals surface area contributed by atoms with Gasteiger partial charge in [0.1, 0.15) is 0 Å². The average molecular weight is 165 g/mol. The summed E-state index contributed by atoms with van der Waals surface area (Å²) in [4.78, 5) is 11.5. The summed E-state index contributed by atoms with van der Waals surface area (Å²) in [7, 11) is 0. The first kappa shape index (κ1) is 7.84. The molecule has 2 heteroatoms. The van der Waals surface area contributed by atoms with Gasteiger partial charge in [-0.15, -0.1) is 0 Å². The molecule has 1 aliphatic carbocycles. The van der Waals surface area contributed by atoms with Gasteiger partial charge in [0, 0.05) is 12.1 Å². The Morgan fingerprint density at radius 2 is 2.25 bits per heavy atom. The van der Waals surface area contributed by atoms with Crippen LogP contribution in [0.2, 0.25) is 0 Å². The van der Waals surface area contributed by atoms with Crippen molar-refractivity contribution in [3.05, 3.63) is 11.8 Å². The van der Waals surface area contributed by atoms with E-state index in [-0.39, 0.29) is 11.8 Å². The number of hydrogen-bond donors (Lipinski definition) is 1. The van der Waals surface area contributed by atoms with Crippen LogP contribution in [-0.4, -0.2) is 5.91 Å². The molecule has 1 amide bonds. The van der Waals surface area contributed by atoms with Gasteiger partial charge in [-0.1, -0.05) is 12.5 Å². The zero-order valence-corrected chi connectivity index (χ0v) is 7.63. The predicted molar refractivity (Wildman–Crippen MR) is 47.3 cm³/mol. The maximum absolute atomic E-state index is 11.5. The van der Waals surface area contributed by atoms with Crippen LogP contribution in [0.15, 0.2) is 11.8 Å². The molecule has 2 nitrogen and oxygen atoms in total. The molecule has 0 bridgehead atoms. The first-order valence-corrected chi connectivity index (χ1v) is 4.67. The molecule has 1 fully saturated rings. The lowest BCUT2D eigenvalue weighted by Gasteiger charge is -2.26. The van der Waals surface area contributed by atoms with E-state index < -0.39 is 0 Å². The van der Waals surface area contributed by atoms with Crippen LogP contribution in [0.1, 0.15) is 26.7 Å². The summed E-state index contributed by atoms with van der Waals surface area (Å²) in [6, 6.07) is 0. The monoisotopic (exact) mass is 165 g/mol. The molecule has 2 unspecified atom stereocenters. The Hall–Kier alpha value is -0.790. The van der Waals surface area contributed by atoms with Crippen molar-refractivity contribution in [2.45, 2.75) is 26.7 Å². The Morgan fingerprint density at radius 3 is 2.92 bits per heavy atom. The molecule has 0 radical (unpaired) electrons. The lowest BCUT2D eigenvalue weighted by Crippen LogP contribution is -2.37. The molecule has 1 saturated carbocycles. The standard InChI is InChI=1S/C10H15NO/c1-6-3-4-8-7(2)5-11-10(12)9(6)8/h5-6,8-9H,3-4H2,1-2H3,(H,11,12)/t6-,8?,9?/m0/s1. The Labute approximate surface area is 73.0 Å². The molecule has 1 aliphatic heterocycles. The van der Waals surface area contributed by atoms with Gasteiger partial charge in [0.15, 0.2) is 0 Å². The second-order valence-electron chi connectivity index (χ2n) is 4.08. The molecule has 0 aromatic heterocycles. The molecule has 12 heavy (non-hydrogen) atoms. The van der Waals surface area contributed by atoms with Crippen molar-refractivity contribution in [2.75, 3.05) is 0 Å². The topological polar surface area (TPSA) is 29.1 Å². The summed E-state index contributed by atoms with van der Waals surface area (Å²) < 4.78 is 0. The minimum Gasteiger partial charge on any atom is -0.332 e. The van der Waals surface area contributed by atoms with Crippen molar-refractivity contribution >= 4 is 5.91 Å². The van der Waals surface area contributed by atoms with E-state index in [9.17, 15) is 4.79 Å².